The highest BCUT2D eigenvalue weighted by Crippen LogP contribution is 2.49. The van der Waals surface area contributed by atoms with Crippen LogP contribution in [0.15, 0.2) is 0 Å². The van der Waals surface area contributed by atoms with Gasteiger partial charge in [0.1, 0.15) is 0 Å². The Morgan fingerprint density at radius 3 is 2.24 bits per heavy atom. The first-order chi connectivity index (χ1) is 8.05. The molecule has 0 aromatic heterocycles. The van der Waals surface area contributed by atoms with Gasteiger partial charge in [-0.15, -0.1) is 0 Å². The van der Waals surface area contributed by atoms with Crippen LogP contribution >= 0.6 is 0 Å². The Bertz CT molecular complexity index is 391. The topological polar surface area (TPSA) is 74.7 Å². The van der Waals surface area contributed by atoms with Crippen molar-refractivity contribution in [2.24, 2.45) is 17.3 Å². The van der Waals surface area contributed by atoms with Crippen LogP contribution in [0.2, 0.25) is 0 Å². The Labute approximate surface area is 98.8 Å². The number of aliphatic carboxylic acids is 1. The first kappa shape index (κ1) is 10.7. The number of likely N-dealkylation sites (tertiary alicyclic amines) is 1. The first-order valence-corrected chi connectivity index (χ1v) is 6.14. The maximum atomic E-state index is 11.8. The van der Waals surface area contributed by atoms with E-state index in [0.717, 1.165) is 12.8 Å². The van der Waals surface area contributed by atoms with Crippen LogP contribution in [0, 0.1) is 17.3 Å². The van der Waals surface area contributed by atoms with Crippen molar-refractivity contribution < 1.29 is 19.5 Å². The summed E-state index contributed by atoms with van der Waals surface area (Å²) in [7, 11) is 0. The molecule has 5 heteroatoms. The van der Waals surface area contributed by atoms with Gasteiger partial charge in [-0.05, 0) is 19.3 Å². The smallest absolute Gasteiger partial charge is 0.311 e. The summed E-state index contributed by atoms with van der Waals surface area (Å²) in [6, 6.07) is 0. The van der Waals surface area contributed by atoms with Gasteiger partial charge in [0.15, 0.2) is 0 Å². The normalized spacial score (nSPS) is 34.0. The second kappa shape index (κ2) is 3.31. The van der Waals surface area contributed by atoms with E-state index in [1.54, 1.807) is 0 Å². The molecule has 0 spiro atoms. The number of piperidine rings is 1. The molecule has 92 valence electrons. The lowest BCUT2D eigenvalue weighted by molar-refractivity contribution is -0.153. The van der Waals surface area contributed by atoms with Crippen molar-refractivity contribution in [3.05, 3.63) is 0 Å². The zero-order chi connectivity index (χ0) is 12.2. The van der Waals surface area contributed by atoms with Gasteiger partial charge in [0.05, 0.1) is 17.3 Å². The number of amides is 2. The molecule has 0 bridgehead atoms. The summed E-state index contributed by atoms with van der Waals surface area (Å²) in [5.41, 5.74) is -0.873. The van der Waals surface area contributed by atoms with E-state index in [2.05, 4.69) is 0 Å². The third kappa shape index (κ3) is 1.41. The summed E-state index contributed by atoms with van der Waals surface area (Å²) in [4.78, 5) is 36.2. The Kier molecular flexibility index (Phi) is 2.09. The Morgan fingerprint density at radius 1 is 1.24 bits per heavy atom. The predicted molar refractivity (Wildman–Crippen MR) is 56.9 cm³/mol. The molecule has 17 heavy (non-hydrogen) atoms. The van der Waals surface area contributed by atoms with Gasteiger partial charge in [0, 0.05) is 6.54 Å². The summed E-state index contributed by atoms with van der Waals surface area (Å²) in [6.45, 7) is 0.0903. The van der Waals surface area contributed by atoms with Crippen molar-refractivity contribution in [1.82, 2.24) is 4.90 Å². The molecule has 3 aliphatic rings. The molecule has 3 fully saturated rings. The van der Waals surface area contributed by atoms with Crippen molar-refractivity contribution in [3.63, 3.8) is 0 Å². The molecule has 2 saturated carbocycles. The van der Waals surface area contributed by atoms with Gasteiger partial charge in [0.2, 0.25) is 11.8 Å². The maximum Gasteiger partial charge on any atom is 0.311 e. The van der Waals surface area contributed by atoms with Crippen molar-refractivity contribution >= 4 is 17.8 Å². The van der Waals surface area contributed by atoms with Gasteiger partial charge in [-0.3, -0.25) is 19.3 Å². The van der Waals surface area contributed by atoms with Crippen LogP contribution < -0.4 is 0 Å². The summed E-state index contributed by atoms with van der Waals surface area (Å²) in [6.07, 6.45) is 3.57. The minimum Gasteiger partial charge on any atom is -0.481 e. The van der Waals surface area contributed by atoms with Gasteiger partial charge >= 0.3 is 5.97 Å². The van der Waals surface area contributed by atoms with Crippen LogP contribution in [0.5, 0.6) is 0 Å². The van der Waals surface area contributed by atoms with Crippen molar-refractivity contribution in [3.8, 4) is 0 Å². The summed E-state index contributed by atoms with van der Waals surface area (Å²) in [5.74, 6) is -1.42. The number of carboxylic acids is 1. The predicted octanol–water partition coefficient (Wildman–Crippen LogP) is 0.636. The molecular formula is C12H15NO4. The third-order valence-electron chi connectivity index (χ3n) is 4.43. The van der Waals surface area contributed by atoms with Gasteiger partial charge < -0.3 is 5.11 Å². The number of hydrogen-bond donors (Lipinski definition) is 1. The average Bonchev–Trinajstić information content (AvgIpc) is 2.89. The van der Waals surface area contributed by atoms with E-state index in [-0.39, 0.29) is 30.2 Å². The van der Waals surface area contributed by atoms with Crippen molar-refractivity contribution in [1.29, 1.82) is 0 Å². The largest absolute Gasteiger partial charge is 0.481 e. The van der Waals surface area contributed by atoms with E-state index < -0.39 is 11.4 Å². The van der Waals surface area contributed by atoms with Crippen LogP contribution in [-0.2, 0) is 14.4 Å². The van der Waals surface area contributed by atoms with Gasteiger partial charge in [-0.2, -0.15) is 0 Å². The Hall–Kier alpha value is -1.39. The van der Waals surface area contributed by atoms with Gasteiger partial charge in [-0.1, -0.05) is 12.8 Å². The average molecular weight is 237 g/mol. The Balaban J connectivity index is 1.80. The van der Waals surface area contributed by atoms with Crippen LogP contribution in [0.25, 0.3) is 0 Å². The minimum absolute atomic E-state index is 0.0903. The molecule has 1 aliphatic heterocycles. The van der Waals surface area contributed by atoms with Crippen LogP contribution in [0.1, 0.15) is 32.1 Å². The second-order valence-corrected chi connectivity index (χ2v) is 5.50. The Morgan fingerprint density at radius 2 is 1.76 bits per heavy atom. The lowest BCUT2D eigenvalue weighted by Gasteiger charge is -2.29. The zero-order valence-electron chi connectivity index (χ0n) is 9.52. The van der Waals surface area contributed by atoms with Crippen LogP contribution in [0.3, 0.4) is 0 Å². The number of hydrogen-bond acceptors (Lipinski definition) is 3. The van der Waals surface area contributed by atoms with E-state index >= 15 is 0 Å². The fourth-order valence-electron chi connectivity index (χ4n) is 3.20. The van der Waals surface area contributed by atoms with Crippen LogP contribution in [-0.4, -0.2) is 34.3 Å². The van der Waals surface area contributed by atoms with Gasteiger partial charge in [-0.25, -0.2) is 0 Å². The zero-order valence-corrected chi connectivity index (χ0v) is 9.52. The standard InChI is InChI=1S/C12H15NO4/c14-9-7-5-8(7)10(15)13(9)6-12(11(16)17)3-1-2-4-12/h7-8H,1-6H2,(H,16,17). The quantitative estimate of drug-likeness (QED) is 0.731. The molecule has 3 rings (SSSR count). The number of carbonyl (C=O) groups is 3. The number of fused-ring (bicyclic) bond motifs is 1. The second-order valence-electron chi connectivity index (χ2n) is 5.50. The monoisotopic (exact) mass is 237 g/mol. The molecule has 1 N–H and O–H groups in total. The fraction of sp³-hybridized carbons (Fsp3) is 0.750. The van der Waals surface area contributed by atoms with E-state index in [4.69, 9.17) is 0 Å². The molecule has 0 aromatic rings. The summed E-state index contributed by atoms with van der Waals surface area (Å²) in [5, 5.41) is 9.32. The minimum atomic E-state index is -0.873. The molecule has 2 unspecified atom stereocenters. The number of rotatable bonds is 3. The van der Waals surface area contributed by atoms with E-state index in [0.29, 0.717) is 19.3 Å². The number of imide groups is 1. The van der Waals surface area contributed by atoms with E-state index in [1.807, 2.05) is 0 Å². The number of carboxylic acid groups (broad SMARTS) is 1. The highest BCUT2D eigenvalue weighted by atomic mass is 16.4. The fourth-order valence-corrected chi connectivity index (χ4v) is 3.20. The molecular weight excluding hydrogens is 222 g/mol. The van der Waals surface area contributed by atoms with Crippen molar-refractivity contribution in [2.75, 3.05) is 6.54 Å². The third-order valence-corrected chi connectivity index (χ3v) is 4.43. The lowest BCUT2D eigenvalue weighted by atomic mass is 9.85. The highest BCUT2D eigenvalue weighted by molar-refractivity contribution is 6.09. The number of carbonyl (C=O) groups excluding carboxylic acids is 2. The molecule has 0 radical (unpaired) electrons. The van der Waals surface area contributed by atoms with E-state index in [1.165, 1.54) is 4.90 Å². The highest BCUT2D eigenvalue weighted by Gasteiger charge is 2.60. The molecule has 2 aliphatic carbocycles. The van der Waals surface area contributed by atoms with Crippen molar-refractivity contribution in [2.45, 2.75) is 32.1 Å². The molecule has 2 atom stereocenters. The molecule has 1 heterocycles. The molecule has 1 saturated heterocycles. The summed E-state index contributed by atoms with van der Waals surface area (Å²) >= 11 is 0. The lowest BCUT2D eigenvalue weighted by Crippen LogP contribution is -2.45. The first-order valence-electron chi connectivity index (χ1n) is 6.14. The summed E-state index contributed by atoms with van der Waals surface area (Å²) < 4.78 is 0. The maximum absolute atomic E-state index is 11.8. The molecule has 0 aromatic carbocycles. The van der Waals surface area contributed by atoms with Gasteiger partial charge in [0.25, 0.3) is 0 Å². The van der Waals surface area contributed by atoms with E-state index in [9.17, 15) is 19.5 Å². The molecule has 5 nitrogen and oxygen atoms in total. The molecule has 2 amide bonds. The van der Waals surface area contributed by atoms with Crippen LogP contribution in [0.4, 0.5) is 0 Å². The number of nitrogens with zero attached hydrogens (tertiary/aromatic N) is 1. The SMILES string of the molecule is O=C1C2CC2C(=O)N1CC1(C(=O)O)CCCC1.